The second kappa shape index (κ2) is 6.75. The largest absolute Gasteiger partial charge is 0.497 e. The number of methoxy groups -OCH3 is 2. The van der Waals surface area contributed by atoms with Gasteiger partial charge < -0.3 is 9.47 Å². The van der Waals surface area contributed by atoms with Crippen molar-refractivity contribution in [2.45, 2.75) is 11.8 Å². The Balaban J connectivity index is 2.42. The second-order valence-corrected chi connectivity index (χ2v) is 6.56. The van der Waals surface area contributed by atoms with Crippen LogP contribution in [0.4, 0.5) is 11.4 Å². The topological polar surface area (TPSA) is 108 Å². The zero-order valence-corrected chi connectivity index (χ0v) is 14.1. The summed E-state index contributed by atoms with van der Waals surface area (Å²) in [6.07, 6.45) is 0. The summed E-state index contributed by atoms with van der Waals surface area (Å²) in [4.78, 5) is 10.2. The van der Waals surface area contributed by atoms with Crippen LogP contribution in [0.5, 0.6) is 11.5 Å². The monoisotopic (exact) mass is 352 g/mol. The maximum absolute atomic E-state index is 12.5. The van der Waals surface area contributed by atoms with Gasteiger partial charge in [0.25, 0.3) is 15.7 Å². The lowest BCUT2D eigenvalue weighted by Gasteiger charge is -2.13. The van der Waals surface area contributed by atoms with Crippen LogP contribution in [0.3, 0.4) is 0 Å². The molecule has 0 heterocycles. The average molecular weight is 352 g/mol. The molecule has 2 aromatic rings. The van der Waals surface area contributed by atoms with Gasteiger partial charge in [-0.2, -0.15) is 0 Å². The Morgan fingerprint density at radius 3 is 2.38 bits per heavy atom. The van der Waals surface area contributed by atoms with Gasteiger partial charge >= 0.3 is 0 Å². The van der Waals surface area contributed by atoms with E-state index in [0.717, 1.165) is 6.07 Å². The van der Waals surface area contributed by atoms with Crippen LogP contribution in [0.25, 0.3) is 0 Å². The lowest BCUT2D eigenvalue weighted by atomic mass is 10.2. The van der Waals surface area contributed by atoms with E-state index in [2.05, 4.69) is 4.72 Å². The van der Waals surface area contributed by atoms with Crippen LogP contribution >= 0.6 is 0 Å². The number of nitro groups is 1. The van der Waals surface area contributed by atoms with Crippen molar-refractivity contribution in [1.82, 2.24) is 0 Å². The third-order valence-corrected chi connectivity index (χ3v) is 4.70. The maximum Gasteiger partial charge on any atom is 0.273 e. The Morgan fingerprint density at radius 2 is 1.79 bits per heavy atom. The summed E-state index contributed by atoms with van der Waals surface area (Å²) in [5.74, 6) is 0.764. The van der Waals surface area contributed by atoms with Crippen molar-refractivity contribution in [2.24, 2.45) is 0 Å². The fraction of sp³-hybridized carbons (Fsp3) is 0.200. The van der Waals surface area contributed by atoms with Gasteiger partial charge in [-0.3, -0.25) is 14.8 Å². The zero-order chi connectivity index (χ0) is 17.9. The van der Waals surface area contributed by atoms with Gasteiger partial charge in [0.05, 0.1) is 29.7 Å². The Bertz CT molecular complexity index is 880. The number of nitro benzene ring substituents is 1. The molecule has 0 aliphatic carbocycles. The number of aryl methyl sites for hydroxylation is 1. The standard InChI is InChI=1S/C15H16N2O6S/c1-10-4-6-12(9-14(10)17(18)19)24(20,21)16-13-7-5-11(22-2)8-15(13)23-3/h4-9,16H,1-3H3. The molecule has 128 valence electrons. The van der Waals surface area contributed by atoms with E-state index in [1.54, 1.807) is 6.07 Å². The minimum atomic E-state index is -4.01. The average Bonchev–Trinajstić information content (AvgIpc) is 2.54. The van der Waals surface area contributed by atoms with Gasteiger partial charge in [-0.25, -0.2) is 8.42 Å². The molecule has 0 amide bonds. The number of rotatable bonds is 6. The molecular formula is C15H16N2O6S. The number of nitrogens with one attached hydrogen (secondary N) is 1. The van der Waals surface area contributed by atoms with E-state index in [4.69, 9.17) is 9.47 Å². The fourth-order valence-corrected chi connectivity index (χ4v) is 3.13. The van der Waals surface area contributed by atoms with Crippen molar-refractivity contribution in [2.75, 3.05) is 18.9 Å². The lowest BCUT2D eigenvalue weighted by Crippen LogP contribution is -2.14. The fourth-order valence-electron chi connectivity index (χ4n) is 2.04. The zero-order valence-electron chi connectivity index (χ0n) is 13.3. The summed E-state index contributed by atoms with van der Waals surface area (Å²) in [6, 6.07) is 8.29. The van der Waals surface area contributed by atoms with E-state index in [1.165, 1.54) is 45.4 Å². The van der Waals surface area contributed by atoms with Crippen LogP contribution in [0, 0.1) is 17.0 Å². The quantitative estimate of drug-likeness (QED) is 0.632. The molecule has 0 radical (unpaired) electrons. The Hall–Kier alpha value is -2.81. The highest BCUT2D eigenvalue weighted by molar-refractivity contribution is 7.92. The van der Waals surface area contributed by atoms with E-state index >= 15 is 0 Å². The van der Waals surface area contributed by atoms with Crippen molar-refractivity contribution in [1.29, 1.82) is 0 Å². The SMILES string of the molecule is COc1ccc(NS(=O)(=O)c2ccc(C)c([N+](=O)[O-])c2)c(OC)c1. The van der Waals surface area contributed by atoms with Gasteiger partial charge in [-0.05, 0) is 25.1 Å². The highest BCUT2D eigenvalue weighted by Gasteiger charge is 2.21. The molecule has 0 aliphatic rings. The molecule has 0 saturated heterocycles. The summed E-state index contributed by atoms with van der Waals surface area (Å²) in [7, 11) is -1.15. The first-order valence-corrected chi connectivity index (χ1v) is 8.26. The van der Waals surface area contributed by atoms with Gasteiger partial charge in [-0.1, -0.05) is 6.07 Å². The lowest BCUT2D eigenvalue weighted by molar-refractivity contribution is -0.385. The Kier molecular flexibility index (Phi) is 4.93. The van der Waals surface area contributed by atoms with Gasteiger partial charge in [0.2, 0.25) is 0 Å². The number of ether oxygens (including phenoxy) is 2. The molecule has 0 saturated carbocycles. The van der Waals surface area contributed by atoms with Crippen LogP contribution in [0.2, 0.25) is 0 Å². The van der Waals surface area contributed by atoms with Gasteiger partial charge in [0.15, 0.2) is 0 Å². The first-order chi connectivity index (χ1) is 11.3. The van der Waals surface area contributed by atoms with Crippen molar-refractivity contribution >= 4 is 21.4 Å². The predicted octanol–water partition coefficient (Wildman–Crippen LogP) is 2.72. The highest BCUT2D eigenvalue weighted by atomic mass is 32.2. The van der Waals surface area contributed by atoms with Crippen LogP contribution in [-0.4, -0.2) is 27.6 Å². The second-order valence-electron chi connectivity index (χ2n) is 4.88. The number of anilines is 1. The van der Waals surface area contributed by atoms with Crippen LogP contribution in [-0.2, 0) is 10.0 Å². The molecule has 2 rings (SSSR count). The molecule has 0 aromatic heterocycles. The molecule has 0 spiro atoms. The Morgan fingerprint density at radius 1 is 1.08 bits per heavy atom. The Labute approximate surface area is 139 Å². The van der Waals surface area contributed by atoms with E-state index < -0.39 is 14.9 Å². The maximum atomic E-state index is 12.5. The van der Waals surface area contributed by atoms with Crippen LogP contribution < -0.4 is 14.2 Å². The van der Waals surface area contributed by atoms with Crippen molar-refractivity contribution in [3.8, 4) is 11.5 Å². The molecule has 0 fully saturated rings. The molecule has 0 atom stereocenters. The number of nitrogens with zero attached hydrogens (tertiary/aromatic N) is 1. The van der Waals surface area contributed by atoms with Crippen LogP contribution in [0.15, 0.2) is 41.3 Å². The first kappa shape index (κ1) is 17.5. The summed E-state index contributed by atoms with van der Waals surface area (Å²) in [5, 5.41) is 11.0. The number of hydrogen-bond acceptors (Lipinski definition) is 6. The van der Waals surface area contributed by atoms with Crippen molar-refractivity contribution in [3.05, 3.63) is 52.1 Å². The summed E-state index contributed by atoms with van der Waals surface area (Å²) in [6.45, 7) is 1.54. The summed E-state index contributed by atoms with van der Waals surface area (Å²) < 4.78 is 37.5. The van der Waals surface area contributed by atoms with E-state index in [-0.39, 0.29) is 22.0 Å². The minimum absolute atomic E-state index is 0.196. The van der Waals surface area contributed by atoms with E-state index in [0.29, 0.717) is 11.3 Å². The van der Waals surface area contributed by atoms with Gasteiger partial charge in [-0.15, -0.1) is 0 Å². The molecule has 0 aliphatic heterocycles. The molecule has 0 bridgehead atoms. The van der Waals surface area contributed by atoms with Crippen molar-refractivity contribution < 1.29 is 22.8 Å². The molecule has 0 unspecified atom stereocenters. The molecule has 24 heavy (non-hydrogen) atoms. The highest BCUT2D eigenvalue weighted by Crippen LogP contribution is 2.31. The van der Waals surface area contributed by atoms with E-state index in [1.807, 2.05) is 0 Å². The molecule has 8 nitrogen and oxygen atoms in total. The number of sulfonamides is 1. The molecule has 2 aromatic carbocycles. The van der Waals surface area contributed by atoms with Crippen molar-refractivity contribution in [3.63, 3.8) is 0 Å². The van der Waals surface area contributed by atoms with Gasteiger partial charge in [0.1, 0.15) is 11.5 Å². The van der Waals surface area contributed by atoms with E-state index in [9.17, 15) is 18.5 Å². The minimum Gasteiger partial charge on any atom is -0.497 e. The molecule has 1 N–H and O–H groups in total. The third-order valence-electron chi connectivity index (χ3n) is 3.34. The van der Waals surface area contributed by atoms with Crippen LogP contribution in [0.1, 0.15) is 5.56 Å². The summed E-state index contributed by atoms with van der Waals surface area (Å²) in [5.41, 5.74) is 0.307. The smallest absolute Gasteiger partial charge is 0.273 e. The number of hydrogen-bond donors (Lipinski definition) is 1. The number of benzene rings is 2. The van der Waals surface area contributed by atoms with Gasteiger partial charge in [0, 0.05) is 17.7 Å². The normalized spacial score (nSPS) is 11.0. The predicted molar refractivity (Wildman–Crippen MR) is 88.2 cm³/mol. The third kappa shape index (κ3) is 3.57. The molecular weight excluding hydrogens is 336 g/mol. The summed E-state index contributed by atoms with van der Waals surface area (Å²) >= 11 is 0. The molecule has 9 heteroatoms. The first-order valence-electron chi connectivity index (χ1n) is 6.78.